The molecule has 2 aromatic rings. The molecule has 74 valence electrons. The molecule has 0 spiro atoms. The van der Waals surface area contributed by atoms with Gasteiger partial charge < -0.3 is 0 Å². The number of aromatic nitrogens is 2. The number of benzene rings is 1. The lowest BCUT2D eigenvalue weighted by molar-refractivity contribution is 0.483. The predicted molar refractivity (Wildman–Crippen MR) is 50.9 cm³/mol. The number of nitrogens with zero attached hydrogens (tertiary/aromatic N) is 1. The zero-order valence-corrected chi connectivity index (χ0v) is 8.30. The van der Waals surface area contributed by atoms with Crippen LogP contribution >= 0.6 is 11.6 Å². The molecule has 2 N–H and O–H groups in total. The van der Waals surface area contributed by atoms with Crippen LogP contribution in [0.1, 0.15) is 0 Å². The van der Waals surface area contributed by atoms with Crippen LogP contribution in [0.4, 0.5) is 0 Å². The van der Waals surface area contributed by atoms with Gasteiger partial charge in [0, 0.05) is 5.39 Å². The number of hydrogen-bond acceptors (Lipinski definition) is 3. The maximum atomic E-state index is 10.8. The van der Waals surface area contributed by atoms with E-state index in [4.69, 9.17) is 16.2 Å². The maximum Gasteiger partial charge on any atom is 0.294 e. The highest BCUT2D eigenvalue weighted by Crippen LogP contribution is 2.23. The number of hydrogen-bond donors (Lipinski definition) is 2. The minimum absolute atomic E-state index is 0.201. The molecule has 1 aromatic carbocycles. The third-order valence-corrected chi connectivity index (χ3v) is 2.91. The van der Waals surface area contributed by atoms with Crippen molar-refractivity contribution in [2.45, 2.75) is 4.90 Å². The van der Waals surface area contributed by atoms with E-state index in [9.17, 15) is 8.42 Å². The summed E-state index contributed by atoms with van der Waals surface area (Å²) in [4.78, 5) is -0.201. The number of fused-ring (bicyclic) bond motifs is 1. The first-order valence-electron chi connectivity index (χ1n) is 3.59. The zero-order valence-electron chi connectivity index (χ0n) is 6.73. The van der Waals surface area contributed by atoms with Crippen LogP contribution in [-0.2, 0) is 10.1 Å². The van der Waals surface area contributed by atoms with Crippen LogP contribution < -0.4 is 0 Å². The first-order valence-corrected chi connectivity index (χ1v) is 5.41. The molecule has 0 atom stereocenters. The average Bonchev–Trinajstić information content (AvgIpc) is 2.46. The van der Waals surface area contributed by atoms with Crippen molar-refractivity contribution in [2.75, 3.05) is 0 Å². The van der Waals surface area contributed by atoms with E-state index < -0.39 is 10.1 Å². The summed E-state index contributed by atoms with van der Waals surface area (Å²) in [5.41, 5.74) is 0.544. The number of rotatable bonds is 1. The predicted octanol–water partition coefficient (Wildman–Crippen LogP) is 1.46. The average molecular weight is 233 g/mol. The lowest BCUT2D eigenvalue weighted by atomic mass is 10.3. The first-order chi connectivity index (χ1) is 6.48. The van der Waals surface area contributed by atoms with Gasteiger partial charge in [0.1, 0.15) is 5.15 Å². The highest BCUT2D eigenvalue weighted by molar-refractivity contribution is 7.85. The molecule has 0 saturated heterocycles. The molecule has 0 radical (unpaired) electrons. The van der Waals surface area contributed by atoms with Crippen molar-refractivity contribution in [3.63, 3.8) is 0 Å². The van der Waals surface area contributed by atoms with Crippen LogP contribution in [0.5, 0.6) is 0 Å². The fourth-order valence-corrected chi connectivity index (χ4v) is 1.82. The van der Waals surface area contributed by atoms with Gasteiger partial charge >= 0.3 is 0 Å². The van der Waals surface area contributed by atoms with Crippen molar-refractivity contribution < 1.29 is 13.0 Å². The van der Waals surface area contributed by atoms with Crippen LogP contribution in [-0.4, -0.2) is 23.2 Å². The lowest BCUT2D eigenvalue weighted by Gasteiger charge is -1.95. The Morgan fingerprint density at radius 2 is 2.14 bits per heavy atom. The Kier molecular flexibility index (Phi) is 1.99. The van der Waals surface area contributed by atoms with Crippen molar-refractivity contribution in [1.82, 2.24) is 10.2 Å². The topological polar surface area (TPSA) is 83.1 Å². The summed E-state index contributed by atoms with van der Waals surface area (Å²) < 4.78 is 30.4. The molecule has 0 aliphatic heterocycles. The number of nitrogens with one attached hydrogen (secondary N) is 1. The van der Waals surface area contributed by atoms with Crippen molar-refractivity contribution in [3.05, 3.63) is 23.4 Å². The van der Waals surface area contributed by atoms with E-state index in [0.29, 0.717) is 10.9 Å². The van der Waals surface area contributed by atoms with Gasteiger partial charge in [-0.05, 0) is 18.2 Å². The molecule has 14 heavy (non-hydrogen) atoms. The van der Waals surface area contributed by atoms with Gasteiger partial charge in [-0.1, -0.05) is 11.6 Å². The van der Waals surface area contributed by atoms with E-state index in [1.165, 1.54) is 18.2 Å². The van der Waals surface area contributed by atoms with E-state index in [0.717, 1.165) is 0 Å². The second-order valence-corrected chi connectivity index (χ2v) is 4.49. The van der Waals surface area contributed by atoms with Crippen molar-refractivity contribution >= 4 is 32.6 Å². The second-order valence-electron chi connectivity index (χ2n) is 2.69. The van der Waals surface area contributed by atoms with Crippen LogP contribution in [0.3, 0.4) is 0 Å². The summed E-state index contributed by atoms with van der Waals surface area (Å²) in [6.07, 6.45) is 0. The lowest BCUT2D eigenvalue weighted by Crippen LogP contribution is -1.96. The van der Waals surface area contributed by atoms with Gasteiger partial charge in [0.2, 0.25) is 0 Å². The molecular formula is C7H5ClN2O3S. The summed E-state index contributed by atoms with van der Waals surface area (Å²) in [6.45, 7) is 0. The number of halogens is 1. The fourth-order valence-electron chi connectivity index (χ4n) is 1.12. The highest BCUT2D eigenvalue weighted by Gasteiger charge is 2.12. The molecule has 2 rings (SSSR count). The molecule has 1 aromatic heterocycles. The summed E-state index contributed by atoms with van der Waals surface area (Å²) in [7, 11) is -4.19. The summed E-state index contributed by atoms with van der Waals surface area (Å²) in [6, 6.07) is 3.98. The summed E-state index contributed by atoms with van der Waals surface area (Å²) >= 11 is 5.70. The second kappa shape index (κ2) is 2.94. The Labute approximate surface area is 84.4 Å². The third-order valence-electron chi connectivity index (χ3n) is 1.78. The molecular weight excluding hydrogens is 228 g/mol. The van der Waals surface area contributed by atoms with Crippen molar-refractivity contribution in [3.8, 4) is 0 Å². The molecule has 7 heteroatoms. The first kappa shape index (κ1) is 9.45. The number of aromatic amines is 1. The Morgan fingerprint density at radius 1 is 1.43 bits per heavy atom. The van der Waals surface area contributed by atoms with Crippen molar-refractivity contribution in [2.24, 2.45) is 0 Å². The zero-order chi connectivity index (χ0) is 10.3. The summed E-state index contributed by atoms with van der Waals surface area (Å²) in [5, 5.41) is 7.00. The van der Waals surface area contributed by atoms with Crippen LogP contribution in [0, 0.1) is 0 Å². The molecule has 1 heterocycles. The Hall–Kier alpha value is -1.11. The Balaban J connectivity index is 2.79. The third kappa shape index (κ3) is 1.47. The van der Waals surface area contributed by atoms with Crippen LogP contribution in [0.15, 0.2) is 23.1 Å². The minimum Gasteiger partial charge on any atom is -0.282 e. The summed E-state index contributed by atoms with van der Waals surface area (Å²) in [5.74, 6) is 0. The molecule has 5 nitrogen and oxygen atoms in total. The molecule has 0 aliphatic rings. The van der Waals surface area contributed by atoms with Gasteiger partial charge in [-0.3, -0.25) is 9.65 Å². The fraction of sp³-hybridized carbons (Fsp3) is 0. The van der Waals surface area contributed by atoms with Crippen LogP contribution in [0.2, 0.25) is 5.15 Å². The molecule has 0 unspecified atom stereocenters. The van der Waals surface area contributed by atoms with E-state index in [-0.39, 0.29) is 10.0 Å². The SMILES string of the molecule is O=S(=O)(O)c1ccc2n[nH]c(Cl)c2c1. The minimum atomic E-state index is -4.19. The van der Waals surface area contributed by atoms with Gasteiger partial charge in [-0.25, -0.2) is 0 Å². The molecule has 0 amide bonds. The van der Waals surface area contributed by atoms with Gasteiger partial charge in [-0.15, -0.1) is 0 Å². The normalized spacial score (nSPS) is 12.1. The van der Waals surface area contributed by atoms with E-state index in [1.54, 1.807) is 0 Å². The smallest absolute Gasteiger partial charge is 0.282 e. The monoisotopic (exact) mass is 232 g/mol. The molecule has 0 fully saturated rings. The quantitative estimate of drug-likeness (QED) is 0.730. The van der Waals surface area contributed by atoms with E-state index in [1.807, 2.05) is 0 Å². The van der Waals surface area contributed by atoms with Gasteiger partial charge in [0.05, 0.1) is 10.4 Å². The van der Waals surface area contributed by atoms with E-state index >= 15 is 0 Å². The Bertz CT molecular complexity index is 590. The van der Waals surface area contributed by atoms with E-state index in [2.05, 4.69) is 10.2 Å². The molecule has 0 bridgehead atoms. The Morgan fingerprint density at radius 3 is 2.79 bits per heavy atom. The van der Waals surface area contributed by atoms with Gasteiger partial charge in [0.15, 0.2) is 0 Å². The molecule has 0 aliphatic carbocycles. The maximum absolute atomic E-state index is 10.8. The van der Waals surface area contributed by atoms with Crippen molar-refractivity contribution in [1.29, 1.82) is 0 Å². The standard InChI is InChI=1S/C7H5ClN2O3S/c8-7-5-3-4(14(11,12)13)1-2-6(5)9-10-7/h1-3H,(H,9,10)(H,11,12,13). The van der Waals surface area contributed by atoms with Gasteiger partial charge in [-0.2, -0.15) is 13.5 Å². The van der Waals surface area contributed by atoms with Gasteiger partial charge in [0.25, 0.3) is 10.1 Å². The highest BCUT2D eigenvalue weighted by atomic mass is 35.5. The molecule has 0 saturated carbocycles. The largest absolute Gasteiger partial charge is 0.294 e. The van der Waals surface area contributed by atoms with Crippen LogP contribution in [0.25, 0.3) is 10.9 Å². The number of H-pyrrole nitrogens is 1.